The highest BCUT2D eigenvalue weighted by molar-refractivity contribution is 7.99. The Morgan fingerprint density at radius 3 is 2.92 bits per heavy atom. The van der Waals surface area contributed by atoms with Gasteiger partial charge in [-0.25, -0.2) is 9.97 Å². The first-order valence-corrected chi connectivity index (χ1v) is 9.38. The maximum Gasteiger partial charge on any atom is 0.278 e. The van der Waals surface area contributed by atoms with Crippen LogP contribution in [-0.2, 0) is 4.79 Å². The summed E-state index contributed by atoms with van der Waals surface area (Å²) in [6.07, 6.45) is 1.55. The van der Waals surface area contributed by atoms with Gasteiger partial charge < -0.3 is 10.3 Å². The predicted molar refractivity (Wildman–Crippen MR) is 104 cm³/mol. The number of thioether (sulfide) groups is 1. The first kappa shape index (κ1) is 18.5. The summed E-state index contributed by atoms with van der Waals surface area (Å²) in [5.41, 5.74) is 2.25. The molecule has 7 nitrogen and oxygen atoms in total. The minimum Gasteiger partial charge on any atom is -0.353 e. The number of hydrogen-bond acceptors (Lipinski definition) is 5. The number of amides is 1. The molecular formula is C17H18ClN5O2S. The van der Waals surface area contributed by atoms with Crippen LogP contribution in [0.5, 0.6) is 0 Å². The van der Waals surface area contributed by atoms with Gasteiger partial charge in [0.25, 0.3) is 5.56 Å². The molecule has 0 unspecified atom stereocenters. The SMILES string of the molecule is Cc1cc2nc(SCC(=O)Nc3cccnc3Cl)n(C(C)C)c(=O)c2[nH]1. The number of aromatic nitrogens is 4. The van der Waals surface area contributed by atoms with Crippen molar-refractivity contribution in [2.24, 2.45) is 0 Å². The van der Waals surface area contributed by atoms with Crippen molar-refractivity contribution >= 4 is 46.0 Å². The molecule has 3 rings (SSSR count). The summed E-state index contributed by atoms with van der Waals surface area (Å²) >= 11 is 7.16. The number of carbonyl (C=O) groups excluding carboxylic acids is 1. The number of nitrogens with zero attached hydrogens (tertiary/aromatic N) is 3. The van der Waals surface area contributed by atoms with Crippen LogP contribution in [0.3, 0.4) is 0 Å². The Kier molecular flexibility index (Phi) is 5.33. The van der Waals surface area contributed by atoms with Crippen LogP contribution in [-0.4, -0.2) is 31.2 Å². The highest BCUT2D eigenvalue weighted by Gasteiger charge is 2.17. The summed E-state index contributed by atoms with van der Waals surface area (Å²) in [6.45, 7) is 5.69. The number of hydrogen-bond donors (Lipinski definition) is 2. The van der Waals surface area contributed by atoms with Gasteiger partial charge in [-0.1, -0.05) is 23.4 Å². The minimum absolute atomic E-state index is 0.0821. The molecule has 2 N–H and O–H groups in total. The number of aryl methyl sites for hydroxylation is 1. The zero-order valence-corrected chi connectivity index (χ0v) is 16.1. The largest absolute Gasteiger partial charge is 0.353 e. The number of H-pyrrole nitrogens is 1. The van der Waals surface area contributed by atoms with Crippen molar-refractivity contribution in [2.45, 2.75) is 32.0 Å². The second-order valence-electron chi connectivity index (χ2n) is 6.05. The van der Waals surface area contributed by atoms with Crippen molar-refractivity contribution in [3.63, 3.8) is 0 Å². The lowest BCUT2D eigenvalue weighted by Crippen LogP contribution is -2.25. The average molecular weight is 392 g/mol. The van der Waals surface area contributed by atoms with Crippen LogP contribution in [0.15, 0.2) is 34.3 Å². The molecule has 0 radical (unpaired) electrons. The summed E-state index contributed by atoms with van der Waals surface area (Å²) in [5, 5.41) is 3.44. The van der Waals surface area contributed by atoms with Crippen molar-refractivity contribution in [1.82, 2.24) is 19.5 Å². The van der Waals surface area contributed by atoms with Crippen molar-refractivity contribution in [3.05, 3.63) is 45.6 Å². The van der Waals surface area contributed by atoms with Gasteiger partial charge in [0.1, 0.15) is 5.52 Å². The number of anilines is 1. The molecule has 3 aromatic heterocycles. The standard InChI is InChI=1S/C17H18ClN5O2S/c1-9(2)23-16(25)14-12(7-10(3)20-14)22-17(23)26-8-13(24)21-11-5-4-6-19-15(11)18/h4-7,9,20H,8H2,1-3H3,(H,21,24). The molecule has 0 spiro atoms. The van der Waals surface area contributed by atoms with E-state index in [9.17, 15) is 9.59 Å². The second-order valence-corrected chi connectivity index (χ2v) is 7.36. The quantitative estimate of drug-likeness (QED) is 0.395. The molecule has 26 heavy (non-hydrogen) atoms. The highest BCUT2D eigenvalue weighted by Crippen LogP contribution is 2.22. The van der Waals surface area contributed by atoms with Crippen molar-refractivity contribution in [3.8, 4) is 0 Å². The Morgan fingerprint density at radius 1 is 1.46 bits per heavy atom. The van der Waals surface area contributed by atoms with Gasteiger partial charge in [-0.3, -0.25) is 14.2 Å². The molecule has 0 aliphatic carbocycles. The fourth-order valence-electron chi connectivity index (χ4n) is 2.54. The lowest BCUT2D eigenvalue weighted by molar-refractivity contribution is -0.113. The van der Waals surface area contributed by atoms with Crippen molar-refractivity contribution < 1.29 is 4.79 Å². The van der Waals surface area contributed by atoms with E-state index in [4.69, 9.17) is 11.6 Å². The number of rotatable bonds is 5. The summed E-state index contributed by atoms with van der Waals surface area (Å²) in [5.74, 6) is -0.154. The Labute approximate surface area is 159 Å². The third-order valence-corrected chi connectivity index (χ3v) is 4.92. The first-order valence-electron chi connectivity index (χ1n) is 8.02. The van der Waals surface area contributed by atoms with Gasteiger partial charge in [0.15, 0.2) is 10.3 Å². The molecule has 0 bridgehead atoms. The van der Waals surface area contributed by atoms with Crippen LogP contribution in [0, 0.1) is 6.92 Å². The van der Waals surface area contributed by atoms with Crippen molar-refractivity contribution in [1.29, 1.82) is 0 Å². The van der Waals surface area contributed by atoms with E-state index in [1.165, 1.54) is 11.8 Å². The van der Waals surface area contributed by atoms with Gasteiger partial charge in [0.05, 0.1) is 17.0 Å². The first-order chi connectivity index (χ1) is 12.4. The Bertz CT molecular complexity index is 1030. The molecular weight excluding hydrogens is 374 g/mol. The summed E-state index contributed by atoms with van der Waals surface area (Å²) in [6, 6.07) is 5.10. The molecule has 0 aromatic carbocycles. The van der Waals surface area contributed by atoms with Crippen LogP contribution < -0.4 is 10.9 Å². The van der Waals surface area contributed by atoms with E-state index in [-0.39, 0.29) is 28.4 Å². The van der Waals surface area contributed by atoms with Gasteiger partial charge in [0.2, 0.25) is 5.91 Å². The fourth-order valence-corrected chi connectivity index (χ4v) is 3.64. The topological polar surface area (TPSA) is 92.7 Å². The highest BCUT2D eigenvalue weighted by atomic mass is 35.5. The minimum atomic E-state index is -0.250. The van der Waals surface area contributed by atoms with Crippen LogP contribution in [0.2, 0.25) is 5.15 Å². The van der Waals surface area contributed by atoms with Crippen LogP contribution in [0.4, 0.5) is 5.69 Å². The number of halogens is 1. The van der Waals surface area contributed by atoms with E-state index < -0.39 is 0 Å². The third kappa shape index (κ3) is 3.76. The van der Waals surface area contributed by atoms with E-state index >= 15 is 0 Å². The molecule has 0 aliphatic rings. The van der Waals surface area contributed by atoms with E-state index in [1.54, 1.807) is 22.9 Å². The smallest absolute Gasteiger partial charge is 0.278 e. The Hall–Kier alpha value is -2.32. The lowest BCUT2D eigenvalue weighted by atomic mass is 10.3. The number of aromatic amines is 1. The zero-order valence-electron chi connectivity index (χ0n) is 14.5. The number of nitrogens with one attached hydrogen (secondary N) is 2. The summed E-state index contributed by atoms with van der Waals surface area (Å²) < 4.78 is 1.59. The normalized spacial score (nSPS) is 11.3. The van der Waals surface area contributed by atoms with Crippen molar-refractivity contribution in [2.75, 3.05) is 11.1 Å². The van der Waals surface area contributed by atoms with Crippen LogP contribution in [0.25, 0.3) is 11.0 Å². The molecule has 3 aromatic rings. The third-order valence-electron chi connectivity index (χ3n) is 3.67. The van der Waals surface area contributed by atoms with Crippen LogP contribution >= 0.6 is 23.4 Å². The maximum absolute atomic E-state index is 12.7. The molecule has 0 fully saturated rings. The summed E-state index contributed by atoms with van der Waals surface area (Å²) in [4.78, 5) is 36.5. The van der Waals surface area contributed by atoms with E-state index in [0.717, 1.165) is 5.69 Å². The zero-order chi connectivity index (χ0) is 18.8. The van der Waals surface area contributed by atoms with E-state index in [0.29, 0.717) is 21.9 Å². The summed E-state index contributed by atoms with van der Waals surface area (Å²) in [7, 11) is 0. The van der Waals surface area contributed by atoms with Gasteiger partial charge in [0, 0.05) is 17.9 Å². The maximum atomic E-state index is 12.7. The van der Waals surface area contributed by atoms with E-state index in [2.05, 4.69) is 20.3 Å². The number of carbonyl (C=O) groups is 1. The van der Waals surface area contributed by atoms with Gasteiger partial charge in [-0.2, -0.15) is 0 Å². The average Bonchev–Trinajstić information content (AvgIpc) is 2.95. The second kappa shape index (κ2) is 7.51. The molecule has 9 heteroatoms. The van der Waals surface area contributed by atoms with Crippen LogP contribution in [0.1, 0.15) is 25.6 Å². The van der Waals surface area contributed by atoms with Gasteiger partial charge in [-0.15, -0.1) is 0 Å². The van der Waals surface area contributed by atoms with Gasteiger partial charge in [-0.05, 0) is 39.0 Å². The fraction of sp³-hybridized carbons (Fsp3) is 0.294. The Morgan fingerprint density at radius 2 is 2.23 bits per heavy atom. The predicted octanol–water partition coefficient (Wildman–Crippen LogP) is 3.39. The molecule has 0 aliphatic heterocycles. The Balaban J connectivity index is 1.84. The monoisotopic (exact) mass is 391 g/mol. The van der Waals surface area contributed by atoms with Gasteiger partial charge >= 0.3 is 0 Å². The molecule has 0 saturated heterocycles. The molecule has 136 valence electrons. The lowest BCUT2D eigenvalue weighted by Gasteiger charge is -2.15. The molecule has 1 amide bonds. The molecule has 0 atom stereocenters. The molecule has 3 heterocycles. The van der Waals surface area contributed by atoms with E-state index in [1.807, 2.05) is 26.8 Å². The number of pyridine rings is 1. The number of fused-ring (bicyclic) bond motifs is 1. The molecule has 0 saturated carbocycles.